The summed E-state index contributed by atoms with van der Waals surface area (Å²) in [5.41, 5.74) is 1.85. The smallest absolute Gasteiger partial charge is 0.188 e. The largest absolute Gasteiger partial charge is 0.353 e. The number of hydrogen-bond acceptors (Lipinski definition) is 3. The first-order valence-electron chi connectivity index (χ1n) is 6.09. The molecule has 1 aliphatic rings. The number of hydrogen-bond donors (Lipinski definition) is 0. The minimum Gasteiger partial charge on any atom is -0.353 e. The molecule has 1 aliphatic heterocycles. The van der Waals surface area contributed by atoms with Gasteiger partial charge in [0, 0.05) is 12.2 Å². The van der Waals surface area contributed by atoms with Gasteiger partial charge < -0.3 is 9.47 Å². The van der Waals surface area contributed by atoms with Crippen LogP contribution in [0.1, 0.15) is 35.2 Å². The maximum atomic E-state index is 11.8. The maximum absolute atomic E-state index is 11.8. The highest BCUT2D eigenvalue weighted by atomic mass is 16.7. The fourth-order valence-corrected chi connectivity index (χ4v) is 1.83. The van der Waals surface area contributed by atoms with Crippen LogP contribution in [0.15, 0.2) is 24.3 Å². The summed E-state index contributed by atoms with van der Waals surface area (Å²) in [5, 5.41) is 0. The number of Topliss-reactive ketones (excluding diaryl/α,β-unsaturated/α-hetero) is 1. The second-order valence-electron chi connectivity index (χ2n) is 4.40. The molecule has 0 aromatic heterocycles. The second-order valence-corrected chi connectivity index (χ2v) is 4.40. The third-order valence-corrected chi connectivity index (χ3v) is 2.91. The average Bonchev–Trinajstić information content (AvgIpc) is 2.38. The molecule has 2 rings (SSSR count). The van der Waals surface area contributed by atoms with E-state index in [0.717, 1.165) is 31.4 Å². The number of benzene rings is 1. The van der Waals surface area contributed by atoms with Crippen molar-refractivity contribution in [2.24, 2.45) is 0 Å². The van der Waals surface area contributed by atoms with Crippen molar-refractivity contribution in [2.75, 3.05) is 13.2 Å². The van der Waals surface area contributed by atoms with Crippen molar-refractivity contribution < 1.29 is 14.3 Å². The molecule has 0 aliphatic carbocycles. The molecule has 0 amide bonds. The third kappa shape index (κ3) is 3.65. The van der Waals surface area contributed by atoms with Crippen molar-refractivity contribution >= 4 is 5.78 Å². The van der Waals surface area contributed by atoms with Gasteiger partial charge in [0.15, 0.2) is 12.1 Å². The molecule has 1 aromatic rings. The van der Waals surface area contributed by atoms with Gasteiger partial charge in [-0.1, -0.05) is 29.8 Å². The summed E-state index contributed by atoms with van der Waals surface area (Å²) in [6.45, 7) is 2.84. The Morgan fingerprint density at radius 1 is 1.35 bits per heavy atom. The highest BCUT2D eigenvalue weighted by molar-refractivity contribution is 5.97. The van der Waals surface area contributed by atoms with E-state index in [1.165, 1.54) is 0 Å². The number of carbonyl (C=O) groups excluding carboxylic acids is 1. The van der Waals surface area contributed by atoms with Crippen LogP contribution < -0.4 is 0 Å². The molecule has 0 saturated carbocycles. The molecule has 0 N–H and O–H groups in total. The van der Waals surface area contributed by atoms with Gasteiger partial charge in [0.05, 0.1) is 0 Å². The Morgan fingerprint density at radius 3 is 2.76 bits per heavy atom. The fourth-order valence-electron chi connectivity index (χ4n) is 1.83. The predicted molar refractivity (Wildman–Crippen MR) is 65.1 cm³/mol. The monoisotopic (exact) mass is 234 g/mol. The van der Waals surface area contributed by atoms with Gasteiger partial charge in [0.25, 0.3) is 0 Å². The first-order valence-corrected chi connectivity index (χ1v) is 6.09. The summed E-state index contributed by atoms with van der Waals surface area (Å²) >= 11 is 0. The van der Waals surface area contributed by atoms with Gasteiger partial charge in [0.2, 0.25) is 0 Å². The number of aryl methyl sites for hydroxylation is 1. The summed E-state index contributed by atoms with van der Waals surface area (Å²) in [4.78, 5) is 11.8. The summed E-state index contributed by atoms with van der Waals surface area (Å²) in [6.07, 6.45) is 2.90. The second kappa shape index (κ2) is 5.94. The van der Waals surface area contributed by atoms with Crippen LogP contribution in [-0.4, -0.2) is 25.3 Å². The molecular weight excluding hydrogens is 216 g/mol. The first-order chi connectivity index (χ1) is 8.25. The fraction of sp³-hybridized carbons (Fsp3) is 0.500. The van der Waals surface area contributed by atoms with E-state index in [0.29, 0.717) is 5.56 Å². The lowest BCUT2D eigenvalue weighted by Gasteiger charge is -2.22. The van der Waals surface area contributed by atoms with Crippen molar-refractivity contribution in [2.45, 2.75) is 32.5 Å². The van der Waals surface area contributed by atoms with E-state index < -0.39 is 0 Å². The van der Waals surface area contributed by atoms with Crippen LogP contribution in [-0.2, 0) is 9.47 Å². The van der Waals surface area contributed by atoms with Gasteiger partial charge in [-0.3, -0.25) is 4.79 Å². The van der Waals surface area contributed by atoms with E-state index in [1.54, 1.807) is 0 Å². The Kier molecular flexibility index (Phi) is 4.29. The molecule has 0 bridgehead atoms. The van der Waals surface area contributed by atoms with Crippen LogP contribution in [0.2, 0.25) is 0 Å². The van der Waals surface area contributed by atoms with Crippen molar-refractivity contribution in [3.05, 3.63) is 35.4 Å². The molecule has 3 nitrogen and oxygen atoms in total. The van der Waals surface area contributed by atoms with E-state index in [-0.39, 0.29) is 18.7 Å². The molecule has 1 heterocycles. The van der Waals surface area contributed by atoms with E-state index in [9.17, 15) is 4.79 Å². The lowest BCUT2D eigenvalue weighted by molar-refractivity contribution is -0.155. The molecule has 1 unspecified atom stereocenters. The van der Waals surface area contributed by atoms with Gasteiger partial charge in [-0.05, 0) is 26.2 Å². The van der Waals surface area contributed by atoms with E-state index in [2.05, 4.69) is 0 Å². The van der Waals surface area contributed by atoms with E-state index >= 15 is 0 Å². The molecule has 3 heteroatoms. The topological polar surface area (TPSA) is 35.5 Å². The zero-order chi connectivity index (χ0) is 12.1. The number of ether oxygens (including phenoxy) is 2. The predicted octanol–water partition coefficient (Wildman–Crippen LogP) is 2.72. The summed E-state index contributed by atoms with van der Waals surface area (Å²) < 4.78 is 10.9. The SMILES string of the molecule is Cc1ccc(C(=O)COC2CCCCO2)cc1. The number of carbonyl (C=O) groups is 1. The van der Waals surface area contributed by atoms with E-state index in [1.807, 2.05) is 31.2 Å². The van der Waals surface area contributed by atoms with Gasteiger partial charge in [-0.15, -0.1) is 0 Å². The molecule has 0 spiro atoms. The van der Waals surface area contributed by atoms with Crippen LogP contribution in [0.5, 0.6) is 0 Å². The number of ketones is 1. The Morgan fingerprint density at radius 2 is 2.12 bits per heavy atom. The van der Waals surface area contributed by atoms with Crippen molar-refractivity contribution in [3.8, 4) is 0 Å². The average molecular weight is 234 g/mol. The van der Waals surface area contributed by atoms with Crippen LogP contribution >= 0.6 is 0 Å². The highest BCUT2D eigenvalue weighted by Gasteiger charge is 2.16. The third-order valence-electron chi connectivity index (χ3n) is 2.91. The zero-order valence-electron chi connectivity index (χ0n) is 10.1. The minimum atomic E-state index is -0.196. The van der Waals surface area contributed by atoms with Gasteiger partial charge in [0.1, 0.15) is 6.61 Å². The van der Waals surface area contributed by atoms with Crippen molar-refractivity contribution in [3.63, 3.8) is 0 Å². The van der Waals surface area contributed by atoms with Crippen molar-refractivity contribution in [1.29, 1.82) is 0 Å². The van der Waals surface area contributed by atoms with Crippen molar-refractivity contribution in [1.82, 2.24) is 0 Å². The van der Waals surface area contributed by atoms with Gasteiger partial charge in [-0.25, -0.2) is 0 Å². The normalized spacial score (nSPS) is 20.2. The molecule has 1 saturated heterocycles. The van der Waals surface area contributed by atoms with Crippen LogP contribution in [0.4, 0.5) is 0 Å². The zero-order valence-corrected chi connectivity index (χ0v) is 10.1. The number of rotatable bonds is 4. The molecule has 1 atom stereocenters. The molecular formula is C14H18O3. The summed E-state index contributed by atoms with van der Waals surface area (Å²) in [6, 6.07) is 7.54. The Hall–Kier alpha value is -1.19. The minimum absolute atomic E-state index is 0.0131. The maximum Gasteiger partial charge on any atom is 0.188 e. The summed E-state index contributed by atoms with van der Waals surface area (Å²) in [5.74, 6) is 0.0131. The standard InChI is InChI=1S/C14H18O3/c1-11-5-7-12(8-6-11)13(15)10-17-14-4-2-3-9-16-14/h5-8,14H,2-4,9-10H2,1H3. The Bertz CT molecular complexity index is 364. The molecule has 0 radical (unpaired) electrons. The van der Waals surface area contributed by atoms with Gasteiger partial charge >= 0.3 is 0 Å². The lowest BCUT2D eigenvalue weighted by Crippen LogP contribution is -2.25. The van der Waals surface area contributed by atoms with Crippen LogP contribution in [0, 0.1) is 6.92 Å². The Labute approximate surface area is 102 Å². The summed E-state index contributed by atoms with van der Waals surface area (Å²) in [7, 11) is 0. The van der Waals surface area contributed by atoms with E-state index in [4.69, 9.17) is 9.47 Å². The molecule has 1 fully saturated rings. The van der Waals surface area contributed by atoms with Crippen LogP contribution in [0.25, 0.3) is 0 Å². The highest BCUT2D eigenvalue weighted by Crippen LogP contribution is 2.14. The Balaban J connectivity index is 1.82. The van der Waals surface area contributed by atoms with Crippen LogP contribution in [0.3, 0.4) is 0 Å². The molecule has 17 heavy (non-hydrogen) atoms. The lowest BCUT2D eigenvalue weighted by atomic mass is 10.1. The first kappa shape index (κ1) is 12.3. The van der Waals surface area contributed by atoms with Gasteiger partial charge in [-0.2, -0.15) is 0 Å². The molecule has 92 valence electrons. The quantitative estimate of drug-likeness (QED) is 0.751. The molecule has 1 aromatic carbocycles.